The highest BCUT2D eigenvalue weighted by Gasteiger charge is 2.17. The van der Waals surface area contributed by atoms with E-state index in [2.05, 4.69) is 18.3 Å². The van der Waals surface area contributed by atoms with Crippen molar-refractivity contribution in [3.05, 3.63) is 72.1 Å². The molecule has 22 heavy (non-hydrogen) atoms. The molecule has 1 heterocycles. The maximum Gasteiger partial charge on any atom is 0.278 e. The van der Waals surface area contributed by atoms with Gasteiger partial charge in [0.1, 0.15) is 12.4 Å². The topological polar surface area (TPSA) is 44.1 Å². The van der Waals surface area contributed by atoms with Gasteiger partial charge in [0.05, 0.1) is 5.69 Å². The van der Waals surface area contributed by atoms with Gasteiger partial charge < -0.3 is 4.74 Å². The van der Waals surface area contributed by atoms with Crippen molar-refractivity contribution < 1.29 is 9.53 Å². The molecule has 1 aromatic heterocycles. The Bertz CT molecular complexity index is 697. The first kappa shape index (κ1) is 15.8. The van der Waals surface area contributed by atoms with Gasteiger partial charge in [0, 0.05) is 16.8 Å². The monoisotopic (exact) mass is 296 g/mol. The molecule has 0 saturated carbocycles. The summed E-state index contributed by atoms with van der Waals surface area (Å²) in [4.78, 5) is 12.6. The molecular weight excluding hydrogens is 276 g/mol. The normalized spacial score (nSPS) is 10.3. The largest absolute Gasteiger partial charge is 0.490 e. The maximum atomic E-state index is 12.6. The standard InChI is InChI=1S/C18H20N2O2/c1-5-7-17-13(3)19-20(14(17)4)18(21)15-8-10-16(11-9-15)22-12-6-2/h5-6,8-11H,1-2,7,12H2,3-4H3. The molecule has 2 rings (SSSR count). The molecule has 0 radical (unpaired) electrons. The molecule has 0 unspecified atom stereocenters. The summed E-state index contributed by atoms with van der Waals surface area (Å²) in [5, 5.41) is 4.35. The van der Waals surface area contributed by atoms with E-state index in [1.165, 1.54) is 4.68 Å². The van der Waals surface area contributed by atoms with E-state index in [-0.39, 0.29) is 5.91 Å². The van der Waals surface area contributed by atoms with E-state index in [0.717, 1.165) is 17.0 Å². The molecule has 4 nitrogen and oxygen atoms in total. The van der Waals surface area contributed by atoms with E-state index in [0.29, 0.717) is 24.3 Å². The van der Waals surface area contributed by atoms with Gasteiger partial charge in [-0.15, -0.1) is 6.58 Å². The minimum absolute atomic E-state index is 0.147. The first-order valence-corrected chi connectivity index (χ1v) is 7.13. The molecule has 2 aromatic rings. The van der Waals surface area contributed by atoms with Gasteiger partial charge in [0.2, 0.25) is 0 Å². The minimum Gasteiger partial charge on any atom is -0.490 e. The molecule has 0 atom stereocenters. The Labute approximate surface area is 130 Å². The van der Waals surface area contributed by atoms with Crippen LogP contribution < -0.4 is 4.74 Å². The van der Waals surface area contributed by atoms with E-state index in [1.807, 2.05) is 19.9 Å². The molecule has 0 spiro atoms. The quantitative estimate of drug-likeness (QED) is 0.767. The fourth-order valence-corrected chi connectivity index (χ4v) is 2.28. The van der Waals surface area contributed by atoms with Gasteiger partial charge in [-0.05, 0) is 44.5 Å². The lowest BCUT2D eigenvalue weighted by Crippen LogP contribution is -2.15. The summed E-state index contributed by atoms with van der Waals surface area (Å²) in [5.74, 6) is 0.559. The van der Waals surface area contributed by atoms with Crippen LogP contribution in [0.5, 0.6) is 5.75 Å². The molecule has 4 heteroatoms. The second kappa shape index (κ2) is 6.89. The Morgan fingerprint density at radius 1 is 1.23 bits per heavy atom. The highest BCUT2D eigenvalue weighted by atomic mass is 16.5. The van der Waals surface area contributed by atoms with E-state index in [9.17, 15) is 4.79 Å². The van der Waals surface area contributed by atoms with Crippen LogP contribution in [0.4, 0.5) is 0 Å². The van der Waals surface area contributed by atoms with Gasteiger partial charge >= 0.3 is 0 Å². The smallest absolute Gasteiger partial charge is 0.278 e. The number of allylic oxidation sites excluding steroid dienone is 1. The average Bonchev–Trinajstić information content (AvgIpc) is 2.81. The van der Waals surface area contributed by atoms with Crippen molar-refractivity contribution in [1.29, 1.82) is 0 Å². The van der Waals surface area contributed by atoms with Crippen LogP contribution in [0.3, 0.4) is 0 Å². The van der Waals surface area contributed by atoms with Gasteiger partial charge in [-0.1, -0.05) is 18.7 Å². The average molecular weight is 296 g/mol. The van der Waals surface area contributed by atoms with Crippen molar-refractivity contribution in [3.63, 3.8) is 0 Å². The molecule has 1 aromatic carbocycles. The minimum atomic E-state index is -0.147. The van der Waals surface area contributed by atoms with Crippen LogP contribution in [0.25, 0.3) is 0 Å². The fourth-order valence-electron chi connectivity index (χ4n) is 2.28. The number of nitrogens with zero attached hydrogens (tertiary/aromatic N) is 2. The third-order valence-corrected chi connectivity index (χ3v) is 3.45. The molecule has 0 fully saturated rings. The zero-order valence-electron chi connectivity index (χ0n) is 13.0. The van der Waals surface area contributed by atoms with Crippen molar-refractivity contribution >= 4 is 5.91 Å². The number of carbonyl (C=O) groups is 1. The number of benzene rings is 1. The van der Waals surface area contributed by atoms with Gasteiger partial charge in [0.25, 0.3) is 5.91 Å². The van der Waals surface area contributed by atoms with E-state index >= 15 is 0 Å². The Kier molecular flexibility index (Phi) is 4.94. The highest BCUT2D eigenvalue weighted by molar-refractivity contribution is 5.96. The summed E-state index contributed by atoms with van der Waals surface area (Å²) in [6.45, 7) is 11.6. The predicted molar refractivity (Wildman–Crippen MR) is 87.5 cm³/mol. The summed E-state index contributed by atoms with van der Waals surface area (Å²) >= 11 is 0. The van der Waals surface area contributed by atoms with Crippen LogP contribution in [0.2, 0.25) is 0 Å². The van der Waals surface area contributed by atoms with Crippen molar-refractivity contribution in [2.75, 3.05) is 6.61 Å². The predicted octanol–water partition coefficient (Wildman–Crippen LogP) is 3.48. The summed E-state index contributed by atoms with van der Waals surface area (Å²) in [7, 11) is 0. The Hall–Kier alpha value is -2.62. The SMILES string of the molecule is C=CCOc1ccc(C(=O)n2nc(C)c(CC=C)c2C)cc1. The van der Waals surface area contributed by atoms with Crippen LogP contribution in [0.1, 0.15) is 27.3 Å². The number of carbonyl (C=O) groups excluding carboxylic acids is 1. The molecule has 0 aliphatic carbocycles. The lowest BCUT2D eigenvalue weighted by atomic mass is 10.1. The van der Waals surface area contributed by atoms with E-state index in [1.54, 1.807) is 30.3 Å². The lowest BCUT2D eigenvalue weighted by molar-refractivity contribution is 0.0942. The number of hydrogen-bond donors (Lipinski definition) is 0. The molecular formula is C18H20N2O2. The Morgan fingerprint density at radius 3 is 2.50 bits per heavy atom. The number of aromatic nitrogens is 2. The molecule has 0 amide bonds. The third-order valence-electron chi connectivity index (χ3n) is 3.45. The Balaban J connectivity index is 2.26. The fraction of sp³-hybridized carbons (Fsp3) is 0.222. The van der Waals surface area contributed by atoms with Gasteiger partial charge in [-0.2, -0.15) is 5.10 Å². The summed E-state index contributed by atoms with van der Waals surface area (Å²) in [6, 6.07) is 7.02. The number of ether oxygens (including phenoxy) is 1. The summed E-state index contributed by atoms with van der Waals surface area (Å²) in [6.07, 6.45) is 4.20. The van der Waals surface area contributed by atoms with Crippen LogP contribution in [-0.2, 0) is 6.42 Å². The van der Waals surface area contributed by atoms with E-state index < -0.39 is 0 Å². The lowest BCUT2D eigenvalue weighted by Gasteiger charge is -2.06. The summed E-state index contributed by atoms with van der Waals surface area (Å²) in [5.41, 5.74) is 3.34. The van der Waals surface area contributed by atoms with Gasteiger partial charge in [-0.3, -0.25) is 4.79 Å². The van der Waals surface area contributed by atoms with Crippen LogP contribution in [0.15, 0.2) is 49.6 Å². The maximum absolute atomic E-state index is 12.6. The number of hydrogen-bond acceptors (Lipinski definition) is 3. The highest BCUT2D eigenvalue weighted by Crippen LogP contribution is 2.17. The van der Waals surface area contributed by atoms with Crippen molar-refractivity contribution in [1.82, 2.24) is 9.78 Å². The Morgan fingerprint density at radius 2 is 1.91 bits per heavy atom. The van der Waals surface area contributed by atoms with Gasteiger partial charge in [0.15, 0.2) is 0 Å². The van der Waals surface area contributed by atoms with Crippen LogP contribution in [-0.4, -0.2) is 22.3 Å². The molecule has 0 aliphatic heterocycles. The van der Waals surface area contributed by atoms with Crippen molar-refractivity contribution in [2.45, 2.75) is 20.3 Å². The molecule has 0 N–H and O–H groups in total. The molecule has 0 aliphatic rings. The first-order valence-electron chi connectivity index (χ1n) is 7.13. The molecule has 0 saturated heterocycles. The van der Waals surface area contributed by atoms with Crippen LogP contribution >= 0.6 is 0 Å². The van der Waals surface area contributed by atoms with Crippen LogP contribution in [0, 0.1) is 13.8 Å². The molecule has 0 bridgehead atoms. The number of rotatable bonds is 6. The second-order valence-electron chi connectivity index (χ2n) is 4.98. The first-order chi connectivity index (χ1) is 10.6. The van der Waals surface area contributed by atoms with Crippen molar-refractivity contribution in [2.24, 2.45) is 0 Å². The molecule has 114 valence electrons. The summed E-state index contributed by atoms with van der Waals surface area (Å²) < 4.78 is 6.86. The zero-order valence-corrected chi connectivity index (χ0v) is 13.0. The number of aryl methyl sites for hydroxylation is 1. The zero-order chi connectivity index (χ0) is 16.1. The van der Waals surface area contributed by atoms with Gasteiger partial charge in [-0.25, -0.2) is 4.68 Å². The third kappa shape index (κ3) is 3.17. The van der Waals surface area contributed by atoms with E-state index in [4.69, 9.17) is 4.74 Å². The van der Waals surface area contributed by atoms with Crippen molar-refractivity contribution in [3.8, 4) is 5.75 Å². The second-order valence-corrected chi connectivity index (χ2v) is 4.98.